The Labute approximate surface area is 835 Å². The molecular formula is C107H134ClN21O11S. The van der Waals surface area contributed by atoms with Crippen LogP contribution in [0, 0.1) is 13.8 Å². The summed E-state index contributed by atoms with van der Waals surface area (Å²) in [6, 6.07) is 57.6. The quantitative estimate of drug-likeness (QED) is 0.0245. The molecule has 4 aliphatic heterocycles. The van der Waals surface area contributed by atoms with E-state index in [1.165, 1.54) is 35.0 Å². The number of piperazine rings is 4. The van der Waals surface area contributed by atoms with Crippen LogP contribution in [0.15, 0.2) is 206 Å². The summed E-state index contributed by atoms with van der Waals surface area (Å²) in [4.78, 5) is 80.9. The highest BCUT2D eigenvalue weighted by molar-refractivity contribution is 7.89. The van der Waals surface area contributed by atoms with Gasteiger partial charge < -0.3 is 93.6 Å². The molecule has 32 nitrogen and oxygen atoms in total. The van der Waals surface area contributed by atoms with E-state index in [9.17, 15) is 18.0 Å². The summed E-state index contributed by atoms with van der Waals surface area (Å²) >= 11 is 6.16. The number of hydrogen-bond donors (Lipinski definition) is 5. The molecule has 12 aromatic rings. The van der Waals surface area contributed by atoms with Crippen molar-refractivity contribution < 1.29 is 51.2 Å². The van der Waals surface area contributed by atoms with Crippen LogP contribution in [-0.2, 0) is 45.2 Å². The smallest absolute Gasteiger partial charge is 0.341 e. The summed E-state index contributed by atoms with van der Waals surface area (Å²) < 4.78 is 66.5. The number of anilines is 12. The molecule has 4 saturated heterocycles. The highest BCUT2D eigenvalue weighted by Gasteiger charge is 2.27. The molecule has 141 heavy (non-hydrogen) atoms. The Morgan fingerprint density at radius 3 is 1.07 bits per heavy atom. The molecule has 0 atom stereocenters. The number of aromatic nitrogens is 8. The summed E-state index contributed by atoms with van der Waals surface area (Å²) in [5, 5.41) is 13.7. The number of benzene rings is 8. The molecule has 8 aromatic carbocycles. The van der Waals surface area contributed by atoms with Gasteiger partial charge in [-0.2, -0.15) is 0 Å². The van der Waals surface area contributed by atoms with Crippen LogP contribution < -0.4 is 69.3 Å². The maximum atomic E-state index is 12.9. The molecule has 16 rings (SSSR count). The van der Waals surface area contributed by atoms with Crippen LogP contribution in [0.2, 0.25) is 5.02 Å². The van der Waals surface area contributed by atoms with Crippen molar-refractivity contribution in [3.05, 3.63) is 273 Å². The third-order valence-corrected chi connectivity index (χ3v) is 26.3. The normalized spacial score (nSPS) is 14.3. The maximum absolute atomic E-state index is 12.9. The molecule has 0 bridgehead atoms. The van der Waals surface area contributed by atoms with E-state index in [4.69, 9.17) is 54.7 Å². The van der Waals surface area contributed by atoms with E-state index in [1.807, 2.05) is 93.8 Å². The second-order valence-electron chi connectivity index (χ2n) is 36.6. The van der Waals surface area contributed by atoms with Gasteiger partial charge in [0.1, 0.15) is 11.5 Å². The van der Waals surface area contributed by atoms with Gasteiger partial charge in [-0.1, -0.05) is 41.9 Å². The lowest BCUT2D eigenvalue weighted by atomic mass is 10.1. The fraction of sp³-hybridized carbons (Fsp3) is 0.383. The van der Waals surface area contributed by atoms with Crippen LogP contribution in [0.3, 0.4) is 0 Å². The van der Waals surface area contributed by atoms with Crippen molar-refractivity contribution in [3.8, 4) is 28.7 Å². The number of carbonyl (C=O) groups is 2. The average Bonchev–Trinajstić information content (AvgIpc) is 0.773. The van der Waals surface area contributed by atoms with Gasteiger partial charge in [0, 0.05) is 206 Å². The SMILES string of the molecule is CCOC(=O)c1cnc(Nc2ccc(N3CCN(C)CC3)cc2)nc1Cc1ccc(Cl)c(OC)c1.CCOC(=O)c1cnc(Nc2ccc(N3CCN(C)CC3)cc2)nc1Cc1cccc(S(=O)(=O)NC(C)(C)C)c1.COc1cc(Cc2nc(Nc3ccc(N4CCN(C)CC4)cc3)ncc2C)cc(OC)c1OC.Cc1cnc(Nc2ccc(N3CCN(C)CC3)cc2)nc1Cc1cccc(OC(C)C)c1. The van der Waals surface area contributed by atoms with Crippen LogP contribution in [0.25, 0.3) is 0 Å². The summed E-state index contributed by atoms with van der Waals surface area (Å²) in [6.45, 7) is 34.3. The molecule has 746 valence electrons. The minimum absolute atomic E-state index is 0.144. The molecule has 8 heterocycles. The first-order valence-corrected chi connectivity index (χ1v) is 49.7. The number of likely N-dealkylation sites (N-methyl/N-ethyl adjacent to an activating group) is 4. The van der Waals surface area contributed by atoms with Gasteiger partial charge >= 0.3 is 11.9 Å². The number of nitrogens with zero attached hydrogens (tertiary/aromatic N) is 16. The zero-order valence-corrected chi connectivity index (χ0v) is 85.7. The van der Waals surface area contributed by atoms with Crippen molar-refractivity contribution in [1.29, 1.82) is 0 Å². The first-order chi connectivity index (χ1) is 67.8. The molecule has 0 spiro atoms. The first kappa shape index (κ1) is 105. The maximum Gasteiger partial charge on any atom is 0.341 e. The fourth-order valence-electron chi connectivity index (χ4n) is 16.3. The fourth-order valence-corrected chi connectivity index (χ4v) is 18.0. The standard InChI is InChI=1S/C29H38N6O4S.C26H30ClN5O3.C26H33N5O3.C26H33N5O/c1-6-39-27(36)25-20-30-28(31-22-10-12-23(13-11-22)35-16-14-34(5)15-17-35)32-26(25)19-21-8-7-9-24(18-21)40(37,38)33-29(2,3)4;1-4-35-25(33)21-17-28-26(30-23(21)15-18-5-10-22(27)24(16-18)34-3)29-19-6-8-20(9-7-19)32-13-11-31(2)12-14-32;1-18-17-27-26(28-20-6-8-21(9-7-20)31-12-10-30(2)11-13-31)29-22(18)14-19-15-23(32-3)25(34-5)24(16-19)33-4;1-19(2)32-24-7-5-6-21(16-24)17-25-20(3)18-27-26(29-25)28-22-8-10-23(11-9-22)31-14-12-30(4)13-15-31/h7-13,18,20,33H,6,14-17,19H2,1-5H3,(H,30,31,32);5-10,16-17H,4,11-15H2,1-3H3,(H,28,29,30);6-9,15-17H,10-14H2,1-5H3,(H,27,28,29);5-11,16,18-19H,12-15,17H2,1-4H3,(H,27,28,29). The van der Waals surface area contributed by atoms with Crippen LogP contribution in [0.1, 0.15) is 125 Å². The predicted octanol–water partition coefficient (Wildman–Crippen LogP) is 16.8. The van der Waals surface area contributed by atoms with Gasteiger partial charge in [0.2, 0.25) is 39.6 Å². The highest BCUT2D eigenvalue weighted by Crippen LogP contribution is 2.40. The van der Waals surface area contributed by atoms with E-state index in [0.717, 1.165) is 179 Å². The summed E-state index contributed by atoms with van der Waals surface area (Å²) in [5.41, 5.74) is 17.2. The molecule has 0 amide bonds. The largest absolute Gasteiger partial charge is 0.495 e. The number of aryl methyl sites for hydroxylation is 2. The minimum Gasteiger partial charge on any atom is -0.495 e. The van der Waals surface area contributed by atoms with Crippen molar-refractivity contribution in [2.45, 2.75) is 105 Å². The van der Waals surface area contributed by atoms with E-state index in [1.54, 1.807) is 93.4 Å². The van der Waals surface area contributed by atoms with Gasteiger partial charge in [0.15, 0.2) is 11.5 Å². The van der Waals surface area contributed by atoms with Crippen molar-refractivity contribution in [3.63, 3.8) is 0 Å². The van der Waals surface area contributed by atoms with Gasteiger partial charge in [-0.15, -0.1) is 0 Å². The van der Waals surface area contributed by atoms with Crippen LogP contribution in [0.4, 0.5) is 69.3 Å². The van der Waals surface area contributed by atoms with Crippen molar-refractivity contribution >= 4 is 103 Å². The lowest BCUT2D eigenvalue weighted by Crippen LogP contribution is -2.44. The van der Waals surface area contributed by atoms with Gasteiger partial charge in [0.05, 0.1) is 91.6 Å². The number of halogens is 1. The topological polar surface area (TPSA) is 322 Å². The van der Waals surface area contributed by atoms with Crippen LogP contribution >= 0.6 is 11.6 Å². The molecule has 0 unspecified atom stereocenters. The van der Waals surface area contributed by atoms with E-state index < -0.39 is 27.5 Å². The number of nitrogens with one attached hydrogen (secondary N) is 5. The molecule has 4 fully saturated rings. The van der Waals surface area contributed by atoms with Crippen LogP contribution in [-0.4, -0.2) is 266 Å². The Morgan fingerprint density at radius 2 is 0.723 bits per heavy atom. The Balaban J connectivity index is 0.000000159. The number of hydrogen-bond acceptors (Lipinski definition) is 31. The number of ether oxygens (including phenoxy) is 7. The number of esters is 2. The molecule has 0 saturated carbocycles. The first-order valence-electron chi connectivity index (χ1n) is 47.8. The number of rotatable bonds is 32. The van der Waals surface area contributed by atoms with Gasteiger partial charge in [-0.25, -0.2) is 62.6 Å². The summed E-state index contributed by atoms with van der Waals surface area (Å²) in [7, 11) is 11.3. The van der Waals surface area contributed by atoms with E-state index in [-0.39, 0.29) is 36.2 Å². The third-order valence-electron chi connectivity index (χ3n) is 24.2. The Morgan fingerprint density at radius 1 is 0.397 bits per heavy atom. The molecular weight excluding hydrogens is 1820 g/mol. The Hall–Kier alpha value is -13.5. The monoisotopic (exact) mass is 1960 g/mol. The third kappa shape index (κ3) is 30.5. The van der Waals surface area contributed by atoms with E-state index >= 15 is 0 Å². The second kappa shape index (κ2) is 50.0. The molecule has 0 radical (unpaired) electrons. The molecule has 4 aliphatic rings. The zero-order valence-electron chi connectivity index (χ0n) is 84.1. The molecule has 5 N–H and O–H groups in total. The minimum atomic E-state index is -3.72. The molecule has 0 aliphatic carbocycles. The van der Waals surface area contributed by atoms with Crippen molar-refractivity contribution in [1.82, 2.24) is 64.2 Å². The summed E-state index contributed by atoms with van der Waals surface area (Å²) in [6.07, 6.45) is 8.80. The predicted molar refractivity (Wildman–Crippen MR) is 561 cm³/mol. The zero-order chi connectivity index (χ0) is 100. The second-order valence-corrected chi connectivity index (χ2v) is 38.7. The Kier molecular flexibility index (Phi) is 37.2. The van der Waals surface area contributed by atoms with Crippen molar-refractivity contribution in [2.24, 2.45) is 0 Å². The average molecular weight is 1960 g/mol. The van der Waals surface area contributed by atoms with Crippen molar-refractivity contribution in [2.75, 3.05) is 215 Å². The lowest BCUT2D eigenvalue weighted by molar-refractivity contribution is 0.0514. The van der Waals surface area contributed by atoms with Gasteiger partial charge in [-0.3, -0.25) is 0 Å². The van der Waals surface area contributed by atoms with E-state index in [2.05, 4.69) is 215 Å². The number of carbonyl (C=O) groups excluding carboxylic acids is 2. The number of methoxy groups -OCH3 is 4. The summed E-state index contributed by atoms with van der Waals surface area (Å²) in [5.74, 6) is 4.23. The van der Waals surface area contributed by atoms with E-state index in [0.29, 0.717) is 87.2 Å². The highest BCUT2D eigenvalue weighted by atomic mass is 35.5. The molecule has 34 heteroatoms. The lowest BCUT2D eigenvalue weighted by Gasteiger charge is -2.34. The van der Waals surface area contributed by atoms with Gasteiger partial charge in [0.25, 0.3) is 0 Å². The van der Waals surface area contributed by atoms with Crippen LogP contribution in [0.5, 0.6) is 28.7 Å². The molecule has 4 aromatic heterocycles. The van der Waals surface area contributed by atoms with Gasteiger partial charge in [-0.05, 0) is 269 Å². The Bertz CT molecular complexity index is 6210. The number of sulfonamides is 1.